The highest BCUT2D eigenvalue weighted by molar-refractivity contribution is 5.92. The minimum Gasteiger partial charge on any atom is -0.456 e. The van der Waals surface area contributed by atoms with Crippen LogP contribution < -0.4 is 15.0 Å². The predicted molar refractivity (Wildman–Crippen MR) is 133 cm³/mol. The largest absolute Gasteiger partial charge is 0.456 e. The first-order valence-electron chi connectivity index (χ1n) is 12.1. The fourth-order valence-corrected chi connectivity index (χ4v) is 5.07. The third-order valence-corrected chi connectivity index (χ3v) is 6.92. The van der Waals surface area contributed by atoms with Crippen LogP contribution in [0.5, 0.6) is 11.5 Å². The Morgan fingerprint density at radius 3 is 2.74 bits per heavy atom. The zero-order chi connectivity index (χ0) is 23.7. The first-order valence-corrected chi connectivity index (χ1v) is 12.1. The van der Waals surface area contributed by atoms with E-state index < -0.39 is 0 Å². The normalized spacial score (nSPS) is 18.4. The van der Waals surface area contributed by atoms with Crippen molar-refractivity contribution in [1.82, 2.24) is 15.1 Å². The number of nitrogens with zero attached hydrogens (tertiary/aromatic N) is 3. The summed E-state index contributed by atoms with van der Waals surface area (Å²) < 4.78 is 13.8. The molecule has 0 bridgehead atoms. The average Bonchev–Trinajstić information content (AvgIpc) is 3.34. The zero-order valence-electron chi connectivity index (χ0n) is 20.1. The van der Waals surface area contributed by atoms with Gasteiger partial charge in [0, 0.05) is 28.9 Å². The molecule has 1 amide bonds. The number of aryl methyl sites for hydroxylation is 1. The van der Waals surface area contributed by atoms with E-state index in [-0.39, 0.29) is 12.1 Å². The van der Waals surface area contributed by atoms with Crippen molar-refractivity contribution in [2.24, 2.45) is 0 Å². The molecule has 1 fully saturated rings. The number of benzene rings is 2. The van der Waals surface area contributed by atoms with E-state index in [1.54, 1.807) is 4.90 Å². The molecule has 0 radical (unpaired) electrons. The maximum absolute atomic E-state index is 12.6. The van der Waals surface area contributed by atoms with Gasteiger partial charge in [-0.15, -0.1) is 0 Å². The molecule has 1 aromatic heterocycles. The molecule has 0 unspecified atom stereocenters. The Labute approximate surface area is 200 Å². The van der Waals surface area contributed by atoms with E-state index in [1.807, 2.05) is 36.5 Å². The van der Waals surface area contributed by atoms with Gasteiger partial charge in [0.25, 0.3) is 0 Å². The fourth-order valence-electron chi connectivity index (χ4n) is 5.07. The van der Waals surface area contributed by atoms with Crippen molar-refractivity contribution in [2.45, 2.75) is 51.6 Å². The molecule has 0 spiro atoms. The van der Waals surface area contributed by atoms with Crippen LogP contribution >= 0.6 is 0 Å². The van der Waals surface area contributed by atoms with Gasteiger partial charge in [-0.05, 0) is 82.4 Å². The van der Waals surface area contributed by atoms with Gasteiger partial charge < -0.3 is 14.8 Å². The molecule has 2 aromatic carbocycles. The van der Waals surface area contributed by atoms with E-state index in [9.17, 15) is 4.79 Å². The Morgan fingerprint density at radius 1 is 1.15 bits per heavy atom. The second-order valence-electron chi connectivity index (χ2n) is 9.28. The number of hydrogen-bond acceptors (Lipinski definition) is 5. The van der Waals surface area contributed by atoms with Crippen LogP contribution in [0, 0.1) is 6.92 Å². The molecule has 34 heavy (non-hydrogen) atoms. The standard InChI is InChI=1S/C27H32N4O3/c1-18-5-4-6-22(15-18)34-26-23(20-16-29-30(17-20)21-11-13-28-14-12-21)9-10-25-24(26)8-7-19(2)31(25)27(32)33-3/h4-6,9-10,15-17,19,21,28H,7-8,11-14H2,1-3H3/t19-/m0/s1. The lowest BCUT2D eigenvalue weighted by Gasteiger charge is -2.35. The molecule has 0 saturated carbocycles. The highest BCUT2D eigenvalue weighted by Crippen LogP contribution is 2.45. The highest BCUT2D eigenvalue weighted by atomic mass is 16.5. The summed E-state index contributed by atoms with van der Waals surface area (Å²) in [5.74, 6) is 1.57. The van der Waals surface area contributed by atoms with Gasteiger partial charge in [0.1, 0.15) is 11.5 Å². The minimum atomic E-state index is -0.346. The summed E-state index contributed by atoms with van der Waals surface area (Å²) in [6.07, 6.45) is 7.52. The molecule has 0 aliphatic carbocycles. The van der Waals surface area contributed by atoms with Crippen molar-refractivity contribution < 1.29 is 14.3 Å². The lowest BCUT2D eigenvalue weighted by atomic mass is 9.92. The maximum atomic E-state index is 12.6. The third kappa shape index (κ3) is 4.28. The number of fused-ring (bicyclic) bond motifs is 1. The van der Waals surface area contributed by atoms with E-state index in [0.29, 0.717) is 6.04 Å². The van der Waals surface area contributed by atoms with Gasteiger partial charge in [0.2, 0.25) is 0 Å². The highest BCUT2D eigenvalue weighted by Gasteiger charge is 2.32. The fraction of sp³-hybridized carbons (Fsp3) is 0.407. The number of carbonyl (C=O) groups is 1. The molecule has 178 valence electrons. The van der Waals surface area contributed by atoms with E-state index in [0.717, 1.165) is 78.2 Å². The van der Waals surface area contributed by atoms with Gasteiger partial charge in [0.05, 0.1) is 25.0 Å². The van der Waals surface area contributed by atoms with Crippen LogP contribution in [0.15, 0.2) is 48.8 Å². The van der Waals surface area contributed by atoms with Crippen molar-refractivity contribution in [1.29, 1.82) is 0 Å². The summed E-state index contributed by atoms with van der Waals surface area (Å²) in [5, 5.41) is 8.12. The molecule has 7 nitrogen and oxygen atoms in total. The number of piperidine rings is 1. The summed E-state index contributed by atoms with van der Waals surface area (Å²) in [7, 11) is 1.43. The monoisotopic (exact) mass is 460 g/mol. The van der Waals surface area contributed by atoms with Gasteiger partial charge in [-0.1, -0.05) is 12.1 Å². The number of rotatable bonds is 4. The first kappa shape index (κ1) is 22.5. The van der Waals surface area contributed by atoms with Crippen LogP contribution in [0.3, 0.4) is 0 Å². The summed E-state index contributed by atoms with van der Waals surface area (Å²) in [4.78, 5) is 14.4. The van der Waals surface area contributed by atoms with Gasteiger partial charge in [-0.2, -0.15) is 5.10 Å². The van der Waals surface area contributed by atoms with Gasteiger partial charge >= 0.3 is 6.09 Å². The quantitative estimate of drug-likeness (QED) is 0.558. The Kier molecular flexibility index (Phi) is 6.28. The third-order valence-electron chi connectivity index (χ3n) is 6.92. The van der Waals surface area contributed by atoms with Crippen LogP contribution in [0.1, 0.15) is 43.4 Å². The second kappa shape index (κ2) is 9.50. The zero-order valence-corrected chi connectivity index (χ0v) is 20.1. The number of aromatic nitrogens is 2. The molecular formula is C27H32N4O3. The van der Waals surface area contributed by atoms with E-state index in [1.165, 1.54) is 7.11 Å². The average molecular weight is 461 g/mol. The molecular weight excluding hydrogens is 428 g/mol. The lowest BCUT2D eigenvalue weighted by molar-refractivity contribution is 0.175. The smallest absolute Gasteiger partial charge is 0.414 e. The molecule has 5 rings (SSSR count). The maximum Gasteiger partial charge on any atom is 0.414 e. The number of methoxy groups -OCH3 is 1. The Hall–Kier alpha value is -3.32. The van der Waals surface area contributed by atoms with Crippen LogP contribution in [0.4, 0.5) is 10.5 Å². The molecule has 2 aliphatic rings. The van der Waals surface area contributed by atoms with Crippen molar-refractivity contribution in [3.05, 3.63) is 59.9 Å². The molecule has 3 heterocycles. The van der Waals surface area contributed by atoms with Gasteiger partial charge in [0.15, 0.2) is 0 Å². The number of ether oxygens (including phenoxy) is 2. The minimum absolute atomic E-state index is 0.0558. The number of anilines is 1. The van der Waals surface area contributed by atoms with Crippen molar-refractivity contribution >= 4 is 11.8 Å². The molecule has 1 N–H and O–H groups in total. The summed E-state index contributed by atoms with van der Waals surface area (Å²) >= 11 is 0. The Balaban J connectivity index is 1.60. The van der Waals surface area contributed by atoms with E-state index in [2.05, 4.69) is 36.1 Å². The number of hydrogen-bond donors (Lipinski definition) is 1. The Morgan fingerprint density at radius 2 is 1.97 bits per heavy atom. The van der Waals surface area contributed by atoms with E-state index >= 15 is 0 Å². The van der Waals surface area contributed by atoms with Crippen LogP contribution in [0.2, 0.25) is 0 Å². The molecule has 3 aromatic rings. The molecule has 2 aliphatic heterocycles. The lowest BCUT2D eigenvalue weighted by Crippen LogP contribution is -2.42. The van der Waals surface area contributed by atoms with Crippen molar-refractivity contribution in [3.63, 3.8) is 0 Å². The van der Waals surface area contributed by atoms with E-state index in [4.69, 9.17) is 14.6 Å². The predicted octanol–water partition coefficient (Wildman–Crippen LogP) is 5.48. The van der Waals surface area contributed by atoms with Crippen LogP contribution in [-0.2, 0) is 11.2 Å². The number of nitrogens with one attached hydrogen (secondary N) is 1. The van der Waals surface area contributed by atoms with Crippen molar-refractivity contribution in [3.8, 4) is 22.6 Å². The summed E-state index contributed by atoms with van der Waals surface area (Å²) in [6, 6.07) is 12.6. The first-order chi connectivity index (χ1) is 16.5. The van der Waals surface area contributed by atoms with Crippen LogP contribution in [-0.4, -0.2) is 42.1 Å². The van der Waals surface area contributed by atoms with Gasteiger partial charge in [-0.3, -0.25) is 9.58 Å². The molecule has 7 heteroatoms. The topological polar surface area (TPSA) is 68.6 Å². The second-order valence-corrected chi connectivity index (χ2v) is 9.28. The Bertz CT molecular complexity index is 1180. The molecule has 1 saturated heterocycles. The SMILES string of the molecule is COC(=O)N1c2ccc(-c3cnn(C4CCNCC4)c3)c(Oc3cccc(C)c3)c2CC[C@@H]1C. The van der Waals surface area contributed by atoms with Gasteiger partial charge in [-0.25, -0.2) is 4.79 Å². The number of amides is 1. The van der Waals surface area contributed by atoms with Crippen LogP contribution in [0.25, 0.3) is 11.1 Å². The number of carbonyl (C=O) groups excluding carboxylic acids is 1. The summed E-state index contributed by atoms with van der Waals surface area (Å²) in [5.41, 5.74) is 5.01. The molecule has 1 atom stereocenters. The summed E-state index contributed by atoms with van der Waals surface area (Å²) in [6.45, 7) is 6.14. The van der Waals surface area contributed by atoms with Crippen molar-refractivity contribution in [2.75, 3.05) is 25.1 Å².